The van der Waals surface area contributed by atoms with Gasteiger partial charge in [-0.2, -0.15) is 0 Å². The van der Waals surface area contributed by atoms with Crippen LogP contribution in [0.3, 0.4) is 0 Å². The molecule has 0 spiro atoms. The number of hydrogen-bond donors (Lipinski definition) is 1. The van der Waals surface area contributed by atoms with Gasteiger partial charge in [0.25, 0.3) is 0 Å². The van der Waals surface area contributed by atoms with Crippen LogP contribution in [0.25, 0.3) is 11.0 Å². The molecule has 15 heavy (non-hydrogen) atoms. The maximum absolute atomic E-state index is 9.95. The number of pyridine rings is 1. The van der Waals surface area contributed by atoms with Crippen LogP contribution in [-0.2, 0) is 6.42 Å². The Morgan fingerprint density at radius 1 is 1.47 bits per heavy atom. The largest absolute Gasteiger partial charge is 0.373 e. The van der Waals surface area contributed by atoms with Crippen LogP contribution in [0.5, 0.6) is 0 Å². The lowest BCUT2D eigenvalue weighted by molar-refractivity contribution is 0.101. The predicted octanol–water partition coefficient (Wildman–Crippen LogP) is 2.50. The number of aryl methyl sites for hydroxylation is 1. The second-order valence-electron chi connectivity index (χ2n) is 3.66. The molecule has 2 heterocycles. The van der Waals surface area contributed by atoms with Gasteiger partial charge in [-0.3, -0.25) is 0 Å². The summed E-state index contributed by atoms with van der Waals surface area (Å²) < 4.78 is 1.93. The Balaban J connectivity index is 2.66. The zero-order chi connectivity index (χ0) is 10.8. The summed E-state index contributed by atoms with van der Waals surface area (Å²) in [6.45, 7) is 4.06. The van der Waals surface area contributed by atoms with E-state index in [-0.39, 0.29) is 0 Å². The zero-order valence-electron chi connectivity index (χ0n) is 9.14. The Hall–Kier alpha value is -1.35. The van der Waals surface area contributed by atoms with Crippen molar-refractivity contribution in [3.05, 3.63) is 30.1 Å². The smallest absolute Gasteiger partial charge is 0.142 e. The molecule has 2 rings (SSSR count). The van der Waals surface area contributed by atoms with Gasteiger partial charge in [-0.25, -0.2) is 4.98 Å². The third kappa shape index (κ3) is 1.63. The summed E-state index contributed by atoms with van der Waals surface area (Å²) in [5.74, 6) is 0. The molecule has 2 aromatic heterocycles. The molecule has 0 saturated heterocycles. The highest BCUT2D eigenvalue weighted by atomic mass is 16.3. The SMILES string of the molecule is CCc1cc2cccnc2n1C(O)CC. The number of aliphatic hydroxyl groups excluding tert-OH is 1. The van der Waals surface area contributed by atoms with Crippen LogP contribution in [0, 0.1) is 0 Å². The first-order chi connectivity index (χ1) is 7.27. The fourth-order valence-electron chi connectivity index (χ4n) is 1.90. The highest BCUT2D eigenvalue weighted by Crippen LogP contribution is 2.23. The Bertz CT molecular complexity index is 462. The maximum Gasteiger partial charge on any atom is 0.142 e. The highest BCUT2D eigenvalue weighted by molar-refractivity contribution is 5.77. The number of aliphatic hydroxyl groups is 1. The van der Waals surface area contributed by atoms with Gasteiger partial charge in [-0.15, -0.1) is 0 Å². The van der Waals surface area contributed by atoms with Gasteiger partial charge in [0, 0.05) is 17.3 Å². The van der Waals surface area contributed by atoms with Crippen molar-refractivity contribution in [2.24, 2.45) is 0 Å². The van der Waals surface area contributed by atoms with E-state index in [9.17, 15) is 5.11 Å². The summed E-state index contributed by atoms with van der Waals surface area (Å²) in [5.41, 5.74) is 2.02. The fraction of sp³-hybridized carbons (Fsp3) is 0.417. The Labute approximate surface area is 89.4 Å². The second kappa shape index (κ2) is 4.03. The zero-order valence-corrected chi connectivity index (χ0v) is 9.14. The van der Waals surface area contributed by atoms with E-state index in [0.717, 1.165) is 23.1 Å². The third-order valence-corrected chi connectivity index (χ3v) is 2.70. The number of aromatic nitrogens is 2. The van der Waals surface area contributed by atoms with E-state index in [1.54, 1.807) is 6.20 Å². The summed E-state index contributed by atoms with van der Waals surface area (Å²) in [5, 5.41) is 11.1. The van der Waals surface area contributed by atoms with Crippen molar-refractivity contribution in [2.75, 3.05) is 0 Å². The fourth-order valence-corrected chi connectivity index (χ4v) is 1.90. The van der Waals surface area contributed by atoms with Crippen molar-refractivity contribution in [3.63, 3.8) is 0 Å². The highest BCUT2D eigenvalue weighted by Gasteiger charge is 2.13. The molecule has 0 radical (unpaired) electrons. The summed E-state index contributed by atoms with van der Waals surface area (Å²) in [6, 6.07) is 6.05. The maximum atomic E-state index is 9.95. The van der Waals surface area contributed by atoms with Gasteiger partial charge in [-0.05, 0) is 31.0 Å². The third-order valence-electron chi connectivity index (χ3n) is 2.70. The Morgan fingerprint density at radius 3 is 2.93 bits per heavy atom. The van der Waals surface area contributed by atoms with Gasteiger partial charge in [0.1, 0.15) is 11.9 Å². The first-order valence-electron chi connectivity index (χ1n) is 5.40. The van der Waals surface area contributed by atoms with Crippen molar-refractivity contribution in [1.29, 1.82) is 0 Å². The van der Waals surface area contributed by atoms with E-state index in [1.165, 1.54) is 0 Å². The average molecular weight is 204 g/mol. The van der Waals surface area contributed by atoms with Gasteiger partial charge in [0.15, 0.2) is 0 Å². The summed E-state index contributed by atoms with van der Waals surface area (Å²) >= 11 is 0. The lowest BCUT2D eigenvalue weighted by Gasteiger charge is -2.14. The molecule has 2 aromatic rings. The summed E-state index contributed by atoms with van der Waals surface area (Å²) in [4.78, 5) is 4.32. The number of hydrogen-bond acceptors (Lipinski definition) is 2. The summed E-state index contributed by atoms with van der Waals surface area (Å²) in [7, 11) is 0. The van der Waals surface area contributed by atoms with Crippen LogP contribution in [-0.4, -0.2) is 14.7 Å². The molecule has 0 bridgehead atoms. The van der Waals surface area contributed by atoms with Crippen molar-refractivity contribution >= 4 is 11.0 Å². The van der Waals surface area contributed by atoms with Crippen molar-refractivity contribution in [2.45, 2.75) is 32.9 Å². The molecule has 1 N–H and O–H groups in total. The molecule has 80 valence electrons. The average Bonchev–Trinajstić information content (AvgIpc) is 2.66. The van der Waals surface area contributed by atoms with Crippen molar-refractivity contribution < 1.29 is 5.11 Å². The molecule has 0 fully saturated rings. The lowest BCUT2D eigenvalue weighted by Crippen LogP contribution is -2.10. The molecular weight excluding hydrogens is 188 g/mol. The molecule has 0 aliphatic heterocycles. The minimum atomic E-state index is -0.465. The van der Waals surface area contributed by atoms with E-state index in [1.807, 2.05) is 23.6 Å². The van der Waals surface area contributed by atoms with Crippen LogP contribution < -0.4 is 0 Å². The van der Waals surface area contributed by atoms with Crippen LogP contribution >= 0.6 is 0 Å². The molecule has 0 amide bonds. The molecule has 3 heteroatoms. The molecule has 1 atom stereocenters. The van der Waals surface area contributed by atoms with E-state index in [0.29, 0.717) is 6.42 Å². The molecule has 0 aliphatic carbocycles. The van der Waals surface area contributed by atoms with E-state index >= 15 is 0 Å². The lowest BCUT2D eigenvalue weighted by atomic mass is 10.3. The monoisotopic (exact) mass is 204 g/mol. The Morgan fingerprint density at radius 2 is 2.27 bits per heavy atom. The van der Waals surface area contributed by atoms with E-state index < -0.39 is 6.23 Å². The molecular formula is C12H16N2O. The van der Waals surface area contributed by atoms with E-state index in [4.69, 9.17) is 0 Å². The van der Waals surface area contributed by atoms with Crippen LogP contribution in [0.4, 0.5) is 0 Å². The van der Waals surface area contributed by atoms with Gasteiger partial charge >= 0.3 is 0 Å². The first-order valence-corrected chi connectivity index (χ1v) is 5.40. The minimum Gasteiger partial charge on any atom is -0.373 e. The number of rotatable bonds is 3. The van der Waals surface area contributed by atoms with Gasteiger partial charge in [-0.1, -0.05) is 13.8 Å². The molecule has 3 nitrogen and oxygen atoms in total. The number of nitrogens with zero attached hydrogens (tertiary/aromatic N) is 2. The van der Waals surface area contributed by atoms with Gasteiger partial charge < -0.3 is 9.67 Å². The molecule has 0 aliphatic rings. The molecule has 0 aromatic carbocycles. The first kappa shape index (κ1) is 10.2. The quantitative estimate of drug-likeness (QED) is 0.834. The minimum absolute atomic E-state index is 0.465. The normalized spacial score (nSPS) is 13.3. The van der Waals surface area contributed by atoms with Gasteiger partial charge in [0.2, 0.25) is 0 Å². The van der Waals surface area contributed by atoms with Crippen molar-refractivity contribution in [3.8, 4) is 0 Å². The molecule has 1 unspecified atom stereocenters. The van der Waals surface area contributed by atoms with Gasteiger partial charge in [0.05, 0.1) is 0 Å². The number of fused-ring (bicyclic) bond motifs is 1. The van der Waals surface area contributed by atoms with Crippen LogP contribution in [0.2, 0.25) is 0 Å². The second-order valence-corrected chi connectivity index (χ2v) is 3.66. The van der Waals surface area contributed by atoms with Crippen LogP contribution in [0.15, 0.2) is 24.4 Å². The van der Waals surface area contributed by atoms with Crippen LogP contribution in [0.1, 0.15) is 32.2 Å². The standard InChI is InChI=1S/C12H16N2O/c1-3-10-8-9-6-5-7-13-12(9)14(10)11(15)4-2/h5-8,11,15H,3-4H2,1-2H3. The van der Waals surface area contributed by atoms with Crippen molar-refractivity contribution in [1.82, 2.24) is 9.55 Å². The topological polar surface area (TPSA) is 38.0 Å². The Kier molecular flexibility index (Phi) is 2.73. The molecule has 0 saturated carbocycles. The predicted molar refractivity (Wildman–Crippen MR) is 60.7 cm³/mol. The van der Waals surface area contributed by atoms with E-state index in [2.05, 4.69) is 18.0 Å². The summed E-state index contributed by atoms with van der Waals surface area (Å²) in [6.07, 6.45) is 2.91.